The van der Waals surface area contributed by atoms with E-state index in [1.54, 1.807) is 0 Å². The van der Waals surface area contributed by atoms with Gasteiger partial charge in [-0.1, -0.05) is 17.3 Å². The fourth-order valence-corrected chi connectivity index (χ4v) is 4.57. The molecule has 0 aliphatic carbocycles. The molecule has 4 heterocycles. The van der Waals surface area contributed by atoms with Crippen molar-refractivity contribution in [2.24, 2.45) is 5.92 Å². The molecule has 2 aromatic rings. The highest BCUT2D eigenvalue weighted by molar-refractivity contribution is 5.40. The number of benzene rings is 1. The molecule has 2 atom stereocenters. The first kappa shape index (κ1) is 14.5. The van der Waals surface area contributed by atoms with Crippen LogP contribution in [0.5, 0.6) is 5.75 Å². The van der Waals surface area contributed by atoms with Gasteiger partial charge in [-0.2, -0.15) is 4.98 Å². The molecule has 2 saturated heterocycles. The van der Waals surface area contributed by atoms with E-state index in [0.717, 1.165) is 43.3 Å². The highest BCUT2D eigenvalue weighted by Crippen LogP contribution is 2.32. The Hall–Kier alpha value is -1.88. The lowest BCUT2D eigenvalue weighted by atomic mass is 9.90. The van der Waals surface area contributed by atoms with Crippen molar-refractivity contribution in [3.8, 4) is 5.75 Å². The molecule has 24 heavy (non-hydrogen) atoms. The lowest BCUT2D eigenvalue weighted by Crippen LogP contribution is -2.38. The second-order valence-electron chi connectivity index (χ2n) is 7.50. The topological polar surface area (TPSA) is 60.2 Å². The Kier molecular flexibility index (Phi) is 3.55. The number of ether oxygens (including phenoxy) is 1. The van der Waals surface area contributed by atoms with Crippen LogP contribution in [0.3, 0.4) is 0 Å². The molecule has 1 aromatic carbocycles. The van der Waals surface area contributed by atoms with Crippen LogP contribution in [0.25, 0.3) is 0 Å². The number of piperidine rings is 1. The van der Waals surface area contributed by atoms with Crippen LogP contribution in [0.15, 0.2) is 22.7 Å². The van der Waals surface area contributed by atoms with Crippen LogP contribution >= 0.6 is 0 Å². The summed E-state index contributed by atoms with van der Waals surface area (Å²) in [5, 5.41) is 7.88. The van der Waals surface area contributed by atoms with Crippen molar-refractivity contribution in [3.63, 3.8) is 0 Å². The average molecular weight is 325 g/mol. The summed E-state index contributed by atoms with van der Waals surface area (Å²) < 4.78 is 11.1. The molecule has 0 radical (unpaired) electrons. The van der Waals surface area contributed by atoms with Crippen molar-refractivity contribution in [3.05, 3.63) is 41.0 Å². The minimum absolute atomic E-state index is 0.689. The summed E-state index contributed by atoms with van der Waals surface area (Å²) in [5.74, 6) is 3.31. The van der Waals surface area contributed by atoms with Crippen LogP contribution in [-0.2, 0) is 19.3 Å². The van der Waals surface area contributed by atoms with Crippen molar-refractivity contribution < 1.29 is 9.26 Å². The zero-order valence-corrected chi connectivity index (χ0v) is 13.8. The van der Waals surface area contributed by atoms with Gasteiger partial charge in [0.15, 0.2) is 5.82 Å². The average Bonchev–Trinajstić information content (AvgIpc) is 3.28. The van der Waals surface area contributed by atoms with Gasteiger partial charge < -0.3 is 14.6 Å². The molecule has 0 saturated carbocycles. The van der Waals surface area contributed by atoms with Crippen molar-refractivity contribution in [1.82, 2.24) is 15.5 Å². The first-order chi connectivity index (χ1) is 11.8. The first-order valence-corrected chi connectivity index (χ1v) is 9.14. The third-order valence-electron chi connectivity index (χ3n) is 5.66. The Labute approximate surface area is 141 Å². The third kappa shape index (κ3) is 2.81. The van der Waals surface area contributed by atoms with Crippen molar-refractivity contribution >= 4 is 0 Å². The van der Waals surface area contributed by atoms with E-state index in [2.05, 4.69) is 33.7 Å². The fraction of sp³-hybridized carbons (Fsp3) is 0.579. The van der Waals surface area contributed by atoms with Gasteiger partial charge in [0.2, 0.25) is 5.89 Å². The summed E-state index contributed by atoms with van der Waals surface area (Å²) in [4.78, 5) is 4.63. The normalized spacial score (nSPS) is 27.9. The van der Waals surface area contributed by atoms with Crippen molar-refractivity contribution in [2.45, 2.75) is 57.0 Å². The van der Waals surface area contributed by atoms with E-state index < -0.39 is 0 Å². The molecule has 5 nitrogen and oxygen atoms in total. The Morgan fingerprint density at radius 1 is 1.17 bits per heavy atom. The molecule has 5 rings (SSSR count). The monoisotopic (exact) mass is 325 g/mol. The number of rotatable bonds is 4. The minimum Gasteiger partial charge on any atom is -0.493 e. The maximum Gasteiger partial charge on any atom is 0.226 e. The van der Waals surface area contributed by atoms with Crippen LogP contribution in [0.4, 0.5) is 0 Å². The largest absolute Gasteiger partial charge is 0.493 e. The quantitative estimate of drug-likeness (QED) is 0.936. The Bertz CT molecular complexity index is 730. The smallest absolute Gasteiger partial charge is 0.226 e. The molecular weight excluding hydrogens is 302 g/mol. The van der Waals surface area contributed by atoms with E-state index in [-0.39, 0.29) is 0 Å². The summed E-state index contributed by atoms with van der Waals surface area (Å²) in [7, 11) is 0. The van der Waals surface area contributed by atoms with Gasteiger partial charge in [0.05, 0.1) is 6.61 Å². The van der Waals surface area contributed by atoms with Crippen molar-refractivity contribution in [2.75, 3.05) is 6.61 Å². The molecule has 2 unspecified atom stereocenters. The Balaban J connectivity index is 1.24. The van der Waals surface area contributed by atoms with E-state index >= 15 is 0 Å². The molecular formula is C19H23N3O2. The number of hydrogen-bond donors (Lipinski definition) is 1. The standard InChI is InChI=1S/C19H23N3O2/c1-4-17-14(5-6-23-17)7-12(1)10-18-21-19(24-22-18)11-13-8-15-2-3-16(9-13)20-15/h1,4,7,13,15-16,20H,2-3,5-6,8-11H2. The third-order valence-corrected chi connectivity index (χ3v) is 5.66. The molecule has 126 valence electrons. The van der Waals surface area contributed by atoms with Crippen LogP contribution in [0, 0.1) is 5.92 Å². The van der Waals surface area contributed by atoms with Crippen LogP contribution in [-0.4, -0.2) is 28.8 Å². The summed E-state index contributed by atoms with van der Waals surface area (Å²) >= 11 is 0. The predicted octanol–water partition coefficient (Wildman–Crippen LogP) is 2.67. The van der Waals surface area contributed by atoms with Gasteiger partial charge >= 0.3 is 0 Å². The molecule has 2 bridgehead atoms. The molecule has 5 heteroatoms. The van der Waals surface area contributed by atoms with Crippen LogP contribution in [0.1, 0.15) is 48.5 Å². The summed E-state index contributed by atoms with van der Waals surface area (Å²) in [6.45, 7) is 0.795. The molecule has 1 N–H and O–H groups in total. The SMILES string of the molecule is c1cc2c(cc1Cc1noc(CC3CC4CCC(C3)N4)n1)CCO2. The number of nitrogens with one attached hydrogen (secondary N) is 1. The maximum absolute atomic E-state index is 5.56. The molecule has 2 fully saturated rings. The number of fused-ring (bicyclic) bond motifs is 3. The van der Waals surface area contributed by atoms with Gasteiger partial charge in [0, 0.05) is 31.3 Å². The number of hydrogen-bond acceptors (Lipinski definition) is 5. The second-order valence-corrected chi connectivity index (χ2v) is 7.50. The lowest BCUT2D eigenvalue weighted by molar-refractivity contribution is 0.270. The van der Waals surface area contributed by atoms with Crippen LogP contribution < -0.4 is 10.1 Å². The summed E-state index contributed by atoms with van der Waals surface area (Å²) in [6.07, 6.45) is 7.82. The van der Waals surface area contributed by atoms with Crippen molar-refractivity contribution in [1.29, 1.82) is 0 Å². The zero-order chi connectivity index (χ0) is 15.9. The Morgan fingerprint density at radius 2 is 2.04 bits per heavy atom. The highest BCUT2D eigenvalue weighted by atomic mass is 16.5. The number of nitrogens with zero attached hydrogens (tertiary/aromatic N) is 2. The lowest BCUT2D eigenvalue weighted by Gasteiger charge is -2.28. The van der Waals surface area contributed by atoms with E-state index in [1.165, 1.54) is 36.8 Å². The predicted molar refractivity (Wildman–Crippen MR) is 89.1 cm³/mol. The van der Waals surface area contributed by atoms with Gasteiger partial charge in [0.25, 0.3) is 0 Å². The molecule has 3 aliphatic rings. The highest BCUT2D eigenvalue weighted by Gasteiger charge is 2.34. The molecule has 0 spiro atoms. The van der Waals surface area contributed by atoms with Gasteiger partial charge in [-0.15, -0.1) is 0 Å². The van der Waals surface area contributed by atoms with E-state index in [0.29, 0.717) is 18.0 Å². The van der Waals surface area contributed by atoms with E-state index in [4.69, 9.17) is 9.26 Å². The maximum atomic E-state index is 5.56. The van der Waals surface area contributed by atoms with E-state index in [1.807, 2.05) is 0 Å². The second kappa shape index (κ2) is 5.88. The molecule has 3 aliphatic heterocycles. The number of aromatic nitrogens is 2. The van der Waals surface area contributed by atoms with Gasteiger partial charge in [-0.3, -0.25) is 0 Å². The van der Waals surface area contributed by atoms with Gasteiger partial charge in [-0.05, 0) is 48.8 Å². The zero-order valence-electron chi connectivity index (χ0n) is 13.8. The molecule has 0 amide bonds. The summed E-state index contributed by atoms with van der Waals surface area (Å²) in [5.41, 5.74) is 2.52. The summed E-state index contributed by atoms with van der Waals surface area (Å²) in [6, 6.07) is 7.80. The van der Waals surface area contributed by atoms with Crippen LogP contribution in [0.2, 0.25) is 0 Å². The van der Waals surface area contributed by atoms with Gasteiger partial charge in [0.1, 0.15) is 5.75 Å². The minimum atomic E-state index is 0.689. The van der Waals surface area contributed by atoms with Gasteiger partial charge in [-0.25, -0.2) is 0 Å². The van der Waals surface area contributed by atoms with E-state index in [9.17, 15) is 0 Å². The Morgan fingerprint density at radius 3 is 2.92 bits per heavy atom. The fourth-order valence-electron chi connectivity index (χ4n) is 4.57. The first-order valence-electron chi connectivity index (χ1n) is 9.14. The molecule has 1 aromatic heterocycles.